The number of nitrogens with zero attached hydrogens (tertiary/aromatic N) is 1. The Morgan fingerprint density at radius 3 is 2.70 bits per heavy atom. The summed E-state index contributed by atoms with van der Waals surface area (Å²) in [5.41, 5.74) is 8.89. The lowest BCUT2D eigenvalue weighted by molar-refractivity contribution is -0.114. The van der Waals surface area contributed by atoms with Crippen LogP contribution in [0.1, 0.15) is 6.92 Å². The molecule has 0 atom stereocenters. The molecule has 2 aromatic heterocycles. The smallest absolute Gasteiger partial charge is 0.221 e. The number of carbonyl (C=O) groups excluding carboxylic acids is 1. The zero-order valence-corrected chi connectivity index (χ0v) is 11.7. The molecule has 0 radical (unpaired) electrons. The van der Waals surface area contributed by atoms with Gasteiger partial charge in [-0.1, -0.05) is 12.1 Å². The first-order valence-electron chi connectivity index (χ1n) is 6.15. The number of nitrogens with two attached hydrogens (primary N) is 1. The Labute approximate surface area is 120 Å². The van der Waals surface area contributed by atoms with E-state index in [1.54, 1.807) is 17.5 Å². The van der Waals surface area contributed by atoms with E-state index in [0.29, 0.717) is 5.82 Å². The van der Waals surface area contributed by atoms with Crippen molar-refractivity contribution in [1.29, 1.82) is 0 Å². The molecule has 3 N–H and O–H groups in total. The fraction of sp³-hybridized carbons (Fsp3) is 0.0667. The molecule has 5 heteroatoms. The van der Waals surface area contributed by atoms with Crippen molar-refractivity contribution < 1.29 is 4.79 Å². The monoisotopic (exact) mass is 283 g/mol. The molecule has 4 nitrogen and oxygen atoms in total. The topological polar surface area (TPSA) is 68.0 Å². The van der Waals surface area contributed by atoms with Crippen molar-refractivity contribution in [3.05, 3.63) is 41.9 Å². The van der Waals surface area contributed by atoms with Crippen LogP contribution in [0.5, 0.6) is 0 Å². The van der Waals surface area contributed by atoms with E-state index < -0.39 is 0 Å². The van der Waals surface area contributed by atoms with Gasteiger partial charge < -0.3 is 11.1 Å². The summed E-state index contributed by atoms with van der Waals surface area (Å²) in [6.45, 7) is 1.49. The molecule has 0 unspecified atom stereocenters. The van der Waals surface area contributed by atoms with Crippen molar-refractivity contribution in [1.82, 2.24) is 4.98 Å². The Morgan fingerprint density at radius 2 is 2.00 bits per heavy atom. The lowest BCUT2D eigenvalue weighted by Gasteiger charge is -2.05. The summed E-state index contributed by atoms with van der Waals surface area (Å²) < 4.78 is 1.12. The average Bonchev–Trinajstić information content (AvgIpc) is 2.84. The van der Waals surface area contributed by atoms with E-state index >= 15 is 0 Å². The highest BCUT2D eigenvalue weighted by atomic mass is 32.1. The molecule has 0 aliphatic rings. The number of hydrogen-bond acceptors (Lipinski definition) is 4. The Balaban J connectivity index is 2.05. The number of hydrogen-bond donors (Lipinski definition) is 2. The SMILES string of the molecule is CC(=O)Nc1ccc(-c2csc3ccnc(N)c23)cc1. The first-order chi connectivity index (χ1) is 9.65. The molecule has 0 bridgehead atoms. The fourth-order valence-electron chi connectivity index (χ4n) is 2.16. The Kier molecular flexibility index (Phi) is 3.12. The summed E-state index contributed by atoms with van der Waals surface area (Å²) in [5, 5.41) is 5.82. The zero-order chi connectivity index (χ0) is 14.1. The quantitative estimate of drug-likeness (QED) is 0.756. The molecule has 0 saturated carbocycles. The molecule has 0 fully saturated rings. The van der Waals surface area contributed by atoms with Crippen LogP contribution in [0.4, 0.5) is 11.5 Å². The lowest BCUT2D eigenvalue weighted by atomic mass is 10.0. The Hall–Kier alpha value is -2.40. The highest BCUT2D eigenvalue weighted by Gasteiger charge is 2.10. The van der Waals surface area contributed by atoms with E-state index in [9.17, 15) is 4.79 Å². The number of carbonyl (C=O) groups is 1. The van der Waals surface area contributed by atoms with Crippen LogP contribution in [0.2, 0.25) is 0 Å². The van der Waals surface area contributed by atoms with Gasteiger partial charge in [0.25, 0.3) is 0 Å². The number of nitrogens with one attached hydrogen (secondary N) is 1. The van der Waals surface area contributed by atoms with Gasteiger partial charge >= 0.3 is 0 Å². The summed E-state index contributed by atoms with van der Waals surface area (Å²) in [5.74, 6) is 0.469. The van der Waals surface area contributed by atoms with Gasteiger partial charge in [0.1, 0.15) is 5.82 Å². The molecule has 1 aromatic carbocycles. The predicted octanol–water partition coefficient (Wildman–Crippen LogP) is 3.50. The third-order valence-electron chi connectivity index (χ3n) is 3.03. The van der Waals surface area contributed by atoms with E-state index in [2.05, 4.69) is 15.7 Å². The average molecular weight is 283 g/mol. The fourth-order valence-corrected chi connectivity index (χ4v) is 3.13. The van der Waals surface area contributed by atoms with Gasteiger partial charge in [-0.2, -0.15) is 0 Å². The van der Waals surface area contributed by atoms with Gasteiger partial charge in [0, 0.05) is 34.5 Å². The molecule has 0 saturated heterocycles. The third kappa shape index (κ3) is 2.23. The molecular weight excluding hydrogens is 270 g/mol. The summed E-state index contributed by atoms with van der Waals surface area (Å²) in [7, 11) is 0. The number of fused-ring (bicyclic) bond motifs is 1. The second kappa shape index (κ2) is 4.94. The first-order valence-corrected chi connectivity index (χ1v) is 7.03. The van der Waals surface area contributed by atoms with Gasteiger partial charge in [-0.3, -0.25) is 4.79 Å². The van der Waals surface area contributed by atoms with Crippen LogP contribution < -0.4 is 11.1 Å². The number of rotatable bonds is 2. The molecule has 100 valence electrons. The molecule has 20 heavy (non-hydrogen) atoms. The number of amides is 1. The third-order valence-corrected chi connectivity index (χ3v) is 3.98. The van der Waals surface area contributed by atoms with Crippen LogP contribution in [0, 0.1) is 0 Å². The summed E-state index contributed by atoms with van der Waals surface area (Å²) in [6, 6.07) is 9.67. The molecule has 0 aliphatic carbocycles. The van der Waals surface area contributed by atoms with E-state index in [4.69, 9.17) is 5.73 Å². The van der Waals surface area contributed by atoms with Crippen LogP contribution in [0.25, 0.3) is 21.2 Å². The molecule has 2 heterocycles. The van der Waals surface area contributed by atoms with Crippen LogP contribution >= 0.6 is 11.3 Å². The maximum Gasteiger partial charge on any atom is 0.221 e. The first kappa shape index (κ1) is 12.6. The molecular formula is C15H13N3OS. The maximum absolute atomic E-state index is 11.0. The minimum atomic E-state index is -0.0767. The number of aromatic nitrogens is 1. The standard InChI is InChI=1S/C15H13N3OS/c1-9(19)18-11-4-2-10(3-5-11)12-8-20-13-6-7-17-15(16)14(12)13/h2-8H,1H3,(H2,16,17)(H,18,19). The van der Waals surface area contributed by atoms with Crippen molar-refractivity contribution in [3.8, 4) is 11.1 Å². The number of nitrogen functional groups attached to an aromatic ring is 1. The highest BCUT2D eigenvalue weighted by molar-refractivity contribution is 7.17. The summed E-state index contributed by atoms with van der Waals surface area (Å²) in [6.07, 6.45) is 1.72. The van der Waals surface area contributed by atoms with Gasteiger partial charge in [-0.15, -0.1) is 11.3 Å². The molecule has 3 rings (SSSR count). The number of anilines is 2. The summed E-state index contributed by atoms with van der Waals surface area (Å²) >= 11 is 1.65. The van der Waals surface area contributed by atoms with Gasteiger partial charge in [0.05, 0.1) is 0 Å². The van der Waals surface area contributed by atoms with Crippen molar-refractivity contribution >= 4 is 38.8 Å². The highest BCUT2D eigenvalue weighted by Crippen LogP contribution is 2.36. The van der Waals surface area contributed by atoms with E-state index in [0.717, 1.165) is 26.9 Å². The van der Waals surface area contributed by atoms with Crippen LogP contribution in [0.15, 0.2) is 41.9 Å². The van der Waals surface area contributed by atoms with E-state index in [1.807, 2.05) is 30.3 Å². The van der Waals surface area contributed by atoms with E-state index in [1.165, 1.54) is 6.92 Å². The molecule has 0 aliphatic heterocycles. The normalized spacial score (nSPS) is 10.7. The number of pyridine rings is 1. The van der Waals surface area contributed by atoms with Gasteiger partial charge in [-0.25, -0.2) is 4.98 Å². The van der Waals surface area contributed by atoms with E-state index in [-0.39, 0.29) is 5.91 Å². The summed E-state index contributed by atoms with van der Waals surface area (Å²) in [4.78, 5) is 15.2. The largest absolute Gasteiger partial charge is 0.383 e. The van der Waals surface area contributed by atoms with Crippen LogP contribution in [-0.4, -0.2) is 10.9 Å². The Bertz CT molecular complexity index is 777. The van der Waals surface area contributed by atoms with Crippen molar-refractivity contribution in [2.75, 3.05) is 11.1 Å². The molecule has 3 aromatic rings. The van der Waals surface area contributed by atoms with Crippen molar-refractivity contribution in [3.63, 3.8) is 0 Å². The van der Waals surface area contributed by atoms with Gasteiger partial charge in [0.2, 0.25) is 5.91 Å². The van der Waals surface area contributed by atoms with Crippen molar-refractivity contribution in [2.45, 2.75) is 6.92 Å². The van der Waals surface area contributed by atoms with Gasteiger partial charge in [0.15, 0.2) is 0 Å². The van der Waals surface area contributed by atoms with Crippen LogP contribution in [-0.2, 0) is 4.79 Å². The predicted molar refractivity (Wildman–Crippen MR) is 83.8 cm³/mol. The molecule has 1 amide bonds. The maximum atomic E-state index is 11.0. The molecule has 0 spiro atoms. The second-order valence-corrected chi connectivity index (χ2v) is 5.39. The second-order valence-electron chi connectivity index (χ2n) is 4.48. The lowest BCUT2D eigenvalue weighted by Crippen LogP contribution is -2.05. The van der Waals surface area contributed by atoms with Crippen LogP contribution in [0.3, 0.4) is 0 Å². The zero-order valence-electron chi connectivity index (χ0n) is 10.9. The minimum Gasteiger partial charge on any atom is -0.383 e. The Morgan fingerprint density at radius 1 is 1.25 bits per heavy atom. The number of thiophene rings is 1. The van der Waals surface area contributed by atoms with Crippen molar-refractivity contribution in [2.24, 2.45) is 0 Å². The number of benzene rings is 1. The van der Waals surface area contributed by atoms with Gasteiger partial charge in [-0.05, 0) is 29.1 Å². The minimum absolute atomic E-state index is 0.0767.